The summed E-state index contributed by atoms with van der Waals surface area (Å²) < 4.78 is 5.44. The highest BCUT2D eigenvalue weighted by atomic mass is 35.5. The van der Waals surface area contributed by atoms with Crippen LogP contribution in [0.2, 0.25) is 5.02 Å². The zero-order chi connectivity index (χ0) is 20.6. The van der Waals surface area contributed by atoms with E-state index in [0.717, 1.165) is 22.8 Å². The number of carbonyl (C=O) groups is 1. The molecule has 3 aromatic rings. The highest BCUT2D eigenvalue weighted by molar-refractivity contribution is 7.99. The lowest BCUT2D eigenvalue weighted by atomic mass is 10.2. The van der Waals surface area contributed by atoms with Gasteiger partial charge in [0.1, 0.15) is 6.04 Å². The Balaban J connectivity index is 1.79. The summed E-state index contributed by atoms with van der Waals surface area (Å²) in [4.78, 5) is 26.8. The Morgan fingerprint density at radius 2 is 2.24 bits per heavy atom. The molecular formula is C18H20ClN5O2S3. The van der Waals surface area contributed by atoms with Crippen LogP contribution in [0.3, 0.4) is 0 Å². The Morgan fingerprint density at radius 3 is 2.97 bits per heavy atom. The van der Waals surface area contributed by atoms with E-state index in [0.29, 0.717) is 23.3 Å². The molecule has 3 rings (SSSR count). The Hall–Kier alpha value is -1.62. The van der Waals surface area contributed by atoms with Crippen molar-refractivity contribution in [1.82, 2.24) is 25.4 Å². The number of aromatic nitrogens is 4. The second-order valence-corrected chi connectivity index (χ2v) is 9.34. The molecule has 1 atom stereocenters. The van der Waals surface area contributed by atoms with E-state index in [1.807, 2.05) is 23.8 Å². The molecule has 0 aliphatic heterocycles. The Morgan fingerprint density at radius 1 is 1.38 bits per heavy atom. The quantitative estimate of drug-likeness (QED) is 0.328. The standard InChI is InChI=1S/C18H20ClN5O2S3/c1-3-7-29-18-20-10-11(19)14(22-18)16(25)21-12(6-9-27-2)17-23-15(24-26-17)13-5-4-8-28-13/h4-5,8,10,12H,3,6-7,9H2,1-2H3,(H,21,25)/t12-/m0/s1. The fourth-order valence-electron chi connectivity index (χ4n) is 2.38. The zero-order valence-corrected chi connectivity index (χ0v) is 19.1. The number of hydrogen-bond donors (Lipinski definition) is 1. The number of rotatable bonds is 10. The number of thiophene rings is 1. The maximum Gasteiger partial charge on any atom is 0.272 e. The van der Waals surface area contributed by atoms with Gasteiger partial charge in [0.15, 0.2) is 10.9 Å². The van der Waals surface area contributed by atoms with Crippen molar-refractivity contribution in [3.05, 3.63) is 40.3 Å². The van der Waals surface area contributed by atoms with E-state index in [-0.39, 0.29) is 10.7 Å². The van der Waals surface area contributed by atoms with Crippen molar-refractivity contribution in [3.8, 4) is 10.7 Å². The van der Waals surface area contributed by atoms with Crippen LogP contribution < -0.4 is 5.32 Å². The van der Waals surface area contributed by atoms with Crippen LogP contribution in [-0.2, 0) is 0 Å². The summed E-state index contributed by atoms with van der Waals surface area (Å²) in [6.45, 7) is 2.07. The van der Waals surface area contributed by atoms with E-state index in [2.05, 4.69) is 32.3 Å². The minimum atomic E-state index is -0.436. The van der Waals surface area contributed by atoms with Crippen molar-refractivity contribution in [2.24, 2.45) is 0 Å². The molecule has 29 heavy (non-hydrogen) atoms. The number of nitrogens with one attached hydrogen (secondary N) is 1. The average molecular weight is 470 g/mol. The van der Waals surface area contributed by atoms with Gasteiger partial charge in [0.05, 0.1) is 16.1 Å². The highest BCUT2D eigenvalue weighted by Gasteiger charge is 2.24. The fourth-order valence-corrected chi connectivity index (χ4v) is 4.34. The summed E-state index contributed by atoms with van der Waals surface area (Å²) in [7, 11) is 0. The van der Waals surface area contributed by atoms with Crippen molar-refractivity contribution in [2.45, 2.75) is 31.0 Å². The van der Waals surface area contributed by atoms with Gasteiger partial charge in [-0.05, 0) is 36.3 Å². The Labute approximate surface area is 186 Å². The van der Waals surface area contributed by atoms with Crippen molar-refractivity contribution in [2.75, 3.05) is 17.8 Å². The molecule has 0 aliphatic rings. The summed E-state index contributed by atoms with van der Waals surface area (Å²) in [5, 5.41) is 9.66. The predicted octanol–water partition coefficient (Wildman–Crippen LogP) is 4.97. The van der Waals surface area contributed by atoms with Crippen molar-refractivity contribution < 1.29 is 9.32 Å². The van der Waals surface area contributed by atoms with Crippen molar-refractivity contribution in [3.63, 3.8) is 0 Å². The lowest BCUT2D eigenvalue weighted by Crippen LogP contribution is -2.30. The molecule has 0 bridgehead atoms. The highest BCUT2D eigenvalue weighted by Crippen LogP contribution is 2.26. The van der Waals surface area contributed by atoms with Gasteiger partial charge in [-0.3, -0.25) is 4.79 Å². The molecule has 0 saturated heterocycles. The normalized spacial score (nSPS) is 12.1. The molecule has 154 valence electrons. The van der Waals surface area contributed by atoms with Gasteiger partial charge in [0.25, 0.3) is 5.91 Å². The third-order valence-corrected chi connectivity index (χ3v) is 6.62. The maximum atomic E-state index is 12.9. The summed E-state index contributed by atoms with van der Waals surface area (Å²) in [6, 6.07) is 3.41. The first-order chi connectivity index (χ1) is 14.1. The summed E-state index contributed by atoms with van der Waals surface area (Å²) in [5.74, 6) is 2.17. The van der Waals surface area contributed by atoms with Crippen LogP contribution in [0.1, 0.15) is 42.2 Å². The van der Waals surface area contributed by atoms with Crippen LogP contribution in [0.25, 0.3) is 10.7 Å². The number of amides is 1. The molecule has 0 radical (unpaired) electrons. The van der Waals surface area contributed by atoms with E-state index in [1.165, 1.54) is 29.3 Å². The van der Waals surface area contributed by atoms with Crippen LogP contribution >= 0.6 is 46.5 Å². The van der Waals surface area contributed by atoms with Gasteiger partial charge in [-0.15, -0.1) is 11.3 Å². The third kappa shape index (κ3) is 5.94. The number of nitrogens with zero attached hydrogens (tertiary/aromatic N) is 4. The molecular weight excluding hydrogens is 450 g/mol. The largest absolute Gasteiger partial charge is 0.339 e. The zero-order valence-electron chi connectivity index (χ0n) is 15.9. The minimum Gasteiger partial charge on any atom is -0.339 e. The molecule has 3 heterocycles. The molecule has 1 N–H and O–H groups in total. The molecule has 0 aromatic carbocycles. The molecule has 0 fully saturated rings. The second-order valence-electron chi connectivity index (χ2n) is 5.94. The second kappa shape index (κ2) is 11.0. The van der Waals surface area contributed by atoms with E-state index in [9.17, 15) is 4.79 Å². The number of thioether (sulfide) groups is 2. The molecule has 11 heteroatoms. The molecule has 0 spiro atoms. The van der Waals surface area contributed by atoms with E-state index < -0.39 is 11.9 Å². The first kappa shape index (κ1) is 22.1. The minimum absolute atomic E-state index is 0.146. The Bertz CT molecular complexity index is 935. The summed E-state index contributed by atoms with van der Waals surface area (Å²) in [5.41, 5.74) is 0.146. The topological polar surface area (TPSA) is 93.8 Å². The van der Waals surface area contributed by atoms with Gasteiger partial charge in [0, 0.05) is 5.75 Å². The summed E-state index contributed by atoms with van der Waals surface area (Å²) >= 11 is 10.9. The van der Waals surface area contributed by atoms with Crippen LogP contribution in [0.5, 0.6) is 0 Å². The third-order valence-electron chi connectivity index (χ3n) is 3.77. The number of halogens is 1. The van der Waals surface area contributed by atoms with E-state index >= 15 is 0 Å². The lowest BCUT2D eigenvalue weighted by Gasteiger charge is -2.15. The van der Waals surface area contributed by atoms with Gasteiger partial charge in [-0.2, -0.15) is 16.7 Å². The molecule has 0 aliphatic carbocycles. The Kier molecular flexibility index (Phi) is 8.34. The molecule has 0 unspecified atom stereocenters. The smallest absolute Gasteiger partial charge is 0.272 e. The van der Waals surface area contributed by atoms with Gasteiger partial charge in [0.2, 0.25) is 11.7 Å². The van der Waals surface area contributed by atoms with Crippen molar-refractivity contribution >= 4 is 52.4 Å². The van der Waals surface area contributed by atoms with Gasteiger partial charge in [-0.1, -0.05) is 41.5 Å². The van der Waals surface area contributed by atoms with E-state index in [4.69, 9.17) is 16.1 Å². The molecule has 0 saturated carbocycles. The summed E-state index contributed by atoms with van der Waals surface area (Å²) in [6.07, 6.45) is 5.08. The van der Waals surface area contributed by atoms with Crippen LogP contribution in [0.4, 0.5) is 0 Å². The van der Waals surface area contributed by atoms with Gasteiger partial charge < -0.3 is 9.84 Å². The van der Waals surface area contributed by atoms with Crippen molar-refractivity contribution in [1.29, 1.82) is 0 Å². The lowest BCUT2D eigenvalue weighted by molar-refractivity contribution is 0.0921. The van der Waals surface area contributed by atoms with Crippen LogP contribution in [0.15, 0.2) is 33.4 Å². The first-order valence-electron chi connectivity index (χ1n) is 8.95. The monoisotopic (exact) mass is 469 g/mol. The van der Waals surface area contributed by atoms with Gasteiger partial charge in [-0.25, -0.2) is 9.97 Å². The van der Waals surface area contributed by atoms with Crippen LogP contribution in [0, 0.1) is 0 Å². The fraction of sp³-hybridized carbons (Fsp3) is 0.389. The van der Waals surface area contributed by atoms with Crippen LogP contribution in [-0.4, -0.2) is 43.8 Å². The number of hydrogen-bond acceptors (Lipinski definition) is 9. The molecule has 3 aromatic heterocycles. The SMILES string of the molecule is CCCSc1ncc(Cl)c(C(=O)N[C@@H](CCSC)c2nc(-c3cccs3)no2)n1. The average Bonchev–Trinajstić information content (AvgIpc) is 3.42. The van der Waals surface area contributed by atoms with Gasteiger partial charge >= 0.3 is 0 Å². The predicted molar refractivity (Wildman–Crippen MR) is 119 cm³/mol. The molecule has 7 nitrogen and oxygen atoms in total. The molecule has 1 amide bonds. The van der Waals surface area contributed by atoms with E-state index in [1.54, 1.807) is 11.8 Å². The maximum absolute atomic E-state index is 12.9. The first-order valence-corrected chi connectivity index (χ1v) is 12.6. The number of carbonyl (C=O) groups excluding carboxylic acids is 1.